The van der Waals surface area contributed by atoms with Crippen LogP contribution in [0, 0.1) is 0 Å². The normalized spacial score (nSPS) is 11.0. The summed E-state index contributed by atoms with van der Waals surface area (Å²) in [5.74, 6) is -0.264. The van der Waals surface area contributed by atoms with E-state index in [0.29, 0.717) is 24.0 Å². The molecule has 0 spiro atoms. The summed E-state index contributed by atoms with van der Waals surface area (Å²) < 4.78 is 5.54. The maximum atomic E-state index is 12.4. The number of phenols is 2. The Morgan fingerprint density at radius 2 is 1.26 bits per heavy atom. The summed E-state index contributed by atoms with van der Waals surface area (Å²) in [5, 5.41) is 21.8. The SMILES string of the molecule is O=c1ccoc2c(Cc3ccccc3)c(O)c(Cc3ccccc3)c(O)c12. The fraction of sp³-hybridized carbons (Fsp3) is 0.0870. The summed E-state index contributed by atoms with van der Waals surface area (Å²) in [4.78, 5) is 12.4. The quantitative estimate of drug-likeness (QED) is 0.568. The molecule has 1 aromatic heterocycles. The molecule has 1 heterocycles. The molecule has 4 aromatic rings. The first kappa shape index (κ1) is 16.9. The third kappa shape index (κ3) is 3.17. The number of phenolic OH excluding ortho intramolecular Hbond substituents is 2. The summed E-state index contributed by atoms with van der Waals surface area (Å²) in [7, 11) is 0. The van der Waals surface area contributed by atoms with Crippen LogP contribution in [0.1, 0.15) is 22.3 Å². The zero-order valence-corrected chi connectivity index (χ0v) is 14.6. The van der Waals surface area contributed by atoms with Crippen molar-refractivity contribution in [3.8, 4) is 11.5 Å². The van der Waals surface area contributed by atoms with Crippen LogP contribution in [-0.4, -0.2) is 10.2 Å². The van der Waals surface area contributed by atoms with E-state index in [4.69, 9.17) is 4.42 Å². The van der Waals surface area contributed by atoms with E-state index in [-0.39, 0.29) is 27.9 Å². The van der Waals surface area contributed by atoms with E-state index in [9.17, 15) is 15.0 Å². The Balaban J connectivity index is 1.95. The molecule has 0 saturated carbocycles. The van der Waals surface area contributed by atoms with Gasteiger partial charge in [-0.2, -0.15) is 0 Å². The molecule has 3 aromatic carbocycles. The molecule has 0 aliphatic carbocycles. The zero-order valence-electron chi connectivity index (χ0n) is 14.6. The molecule has 0 bridgehead atoms. The maximum Gasteiger partial charge on any atom is 0.196 e. The fourth-order valence-electron chi connectivity index (χ4n) is 3.35. The highest BCUT2D eigenvalue weighted by Gasteiger charge is 2.22. The molecule has 27 heavy (non-hydrogen) atoms. The first-order chi connectivity index (χ1) is 13.1. The molecule has 0 fully saturated rings. The van der Waals surface area contributed by atoms with E-state index in [1.807, 2.05) is 60.7 Å². The van der Waals surface area contributed by atoms with Gasteiger partial charge in [0.25, 0.3) is 0 Å². The van der Waals surface area contributed by atoms with Crippen LogP contribution in [-0.2, 0) is 12.8 Å². The zero-order chi connectivity index (χ0) is 18.8. The van der Waals surface area contributed by atoms with Crippen molar-refractivity contribution in [3.63, 3.8) is 0 Å². The van der Waals surface area contributed by atoms with E-state index >= 15 is 0 Å². The lowest BCUT2D eigenvalue weighted by atomic mass is 9.94. The molecular weight excluding hydrogens is 340 g/mol. The van der Waals surface area contributed by atoms with Crippen molar-refractivity contribution >= 4 is 11.0 Å². The van der Waals surface area contributed by atoms with Crippen LogP contribution < -0.4 is 5.43 Å². The van der Waals surface area contributed by atoms with Crippen LogP contribution in [0.3, 0.4) is 0 Å². The molecule has 134 valence electrons. The van der Waals surface area contributed by atoms with Gasteiger partial charge in [0.15, 0.2) is 5.43 Å². The van der Waals surface area contributed by atoms with Crippen LogP contribution in [0.15, 0.2) is 82.2 Å². The second-order valence-electron chi connectivity index (χ2n) is 6.47. The lowest BCUT2D eigenvalue weighted by molar-refractivity contribution is 0.438. The van der Waals surface area contributed by atoms with E-state index in [1.54, 1.807) is 0 Å². The average molecular weight is 358 g/mol. The third-order valence-corrected chi connectivity index (χ3v) is 4.69. The minimum Gasteiger partial charge on any atom is -0.507 e. The van der Waals surface area contributed by atoms with Crippen molar-refractivity contribution < 1.29 is 14.6 Å². The third-order valence-electron chi connectivity index (χ3n) is 4.69. The van der Waals surface area contributed by atoms with Crippen molar-refractivity contribution in [2.75, 3.05) is 0 Å². The molecule has 4 rings (SSSR count). The second kappa shape index (κ2) is 7.00. The van der Waals surface area contributed by atoms with Crippen molar-refractivity contribution in [2.24, 2.45) is 0 Å². The highest BCUT2D eigenvalue weighted by atomic mass is 16.3. The number of aromatic hydroxyl groups is 2. The predicted octanol–water partition coefficient (Wildman–Crippen LogP) is 4.39. The molecule has 0 atom stereocenters. The van der Waals surface area contributed by atoms with E-state index in [1.165, 1.54) is 12.3 Å². The van der Waals surface area contributed by atoms with E-state index < -0.39 is 0 Å². The van der Waals surface area contributed by atoms with E-state index in [2.05, 4.69) is 0 Å². The van der Waals surface area contributed by atoms with Crippen LogP contribution >= 0.6 is 0 Å². The molecule has 0 amide bonds. The predicted molar refractivity (Wildman–Crippen MR) is 104 cm³/mol. The van der Waals surface area contributed by atoms with Crippen molar-refractivity contribution in [1.29, 1.82) is 0 Å². The van der Waals surface area contributed by atoms with Gasteiger partial charge in [-0.05, 0) is 11.1 Å². The Bertz CT molecular complexity index is 1150. The smallest absolute Gasteiger partial charge is 0.196 e. The highest BCUT2D eigenvalue weighted by Crippen LogP contribution is 2.40. The molecule has 0 radical (unpaired) electrons. The molecule has 0 aliphatic rings. The van der Waals surface area contributed by atoms with Crippen LogP contribution in [0.2, 0.25) is 0 Å². The van der Waals surface area contributed by atoms with Gasteiger partial charge < -0.3 is 14.6 Å². The fourth-order valence-corrected chi connectivity index (χ4v) is 3.35. The summed E-state index contributed by atoms with van der Waals surface area (Å²) >= 11 is 0. The Morgan fingerprint density at radius 1 is 0.704 bits per heavy atom. The number of hydrogen-bond donors (Lipinski definition) is 2. The van der Waals surface area contributed by atoms with Crippen LogP contribution in [0.4, 0.5) is 0 Å². The second-order valence-corrected chi connectivity index (χ2v) is 6.47. The van der Waals surface area contributed by atoms with Gasteiger partial charge in [0.2, 0.25) is 0 Å². The maximum absolute atomic E-state index is 12.4. The Morgan fingerprint density at radius 3 is 1.85 bits per heavy atom. The first-order valence-corrected chi connectivity index (χ1v) is 8.70. The standard InChI is InChI=1S/C23H18O4/c24-19-11-12-27-23-18(14-16-9-5-2-6-10-16)21(25)17(22(26)20(19)23)13-15-7-3-1-4-8-15/h1-12,25-26H,13-14H2. The largest absolute Gasteiger partial charge is 0.507 e. The number of benzene rings is 3. The Kier molecular flexibility index (Phi) is 4.38. The highest BCUT2D eigenvalue weighted by molar-refractivity contribution is 5.90. The molecule has 4 nitrogen and oxygen atoms in total. The van der Waals surface area contributed by atoms with E-state index in [0.717, 1.165) is 11.1 Å². The van der Waals surface area contributed by atoms with Crippen LogP contribution in [0.5, 0.6) is 11.5 Å². The summed E-state index contributed by atoms with van der Waals surface area (Å²) in [6, 6.07) is 20.4. The van der Waals surface area contributed by atoms with Gasteiger partial charge >= 0.3 is 0 Å². The topological polar surface area (TPSA) is 70.7 Å². The summed E-state index contributed by atoms with van der Waals surface area (Å²) in [6.45, 7) is 0. The molecule has 0 saturated heterocycles. The summed E-state index contributed by atoms with van der Waals surface area (Å²) in [6.07, 6.45) is 1.98. The lowest BCUT2D eigenvalue weighted by Crippen LogP contribution is -2.05. The van der Waals surface area contributed by atoms with Crippen molar-refractivity contribution in [2.45, 2.75) is 12.8 Å². The molecule has 0 unspecified atom stereocenters. The molecule has 0 aliphatic heterocycles. The van der Waals surface area contributed by atoms with Gasteiger partial charge in [0.05, 0.1) is 6.26 Å². The lowest BCUT2D eigenvalue weighted by Gasteiger charge is -2.15. The van der Waals surface area contributed by atoms with Gasteiger partial charge in [-0.3, -0.25) is 4.79 Å². The van der Waals surface area contributed by atoms with Gasteiger partial charge in [0, 0.05) is 30.0 Å². The Labute approximate surface area is 156 Å². The minimum atomic E-state index is -0.336. The molecule has 4 heteroatoms. The first-order valence-electron chi connectivity index (χ1n) is 8.70. The van der Waals surface area contributed by atoms with Crippen LogP contribution in [0.25, 0.3) is 11.0 Å². The van der Waals surface area contributed by atoms with Gasteiger partial charge in [-0.1, -0.05) is 60.7 Å². The molecule has 2 N–H and O–H groups in total. The number of rotatable bonds is 4. The monoisotopic (exact) mass is 358 g/mol. The summed E-state index contributed by atoms with van der Waals surface area (Å²) in [5.41, 5.74) is 2.61. The van der Waals surface area contributed by atoms with Gasteiger partial charge in [-0.15, -0.1) is 0 Å². The minimum absolute atomic E-state index is 0.0398. The van der Waals surface area contributed by atoms with Gasteiger partial charge in [0.1, 0.15) is 22.5 Å². The number of hydrogen-bond acceptors (Lipinski definition) is 4. The van der Waals surface area contributed by atoms with Crippen molar-refractivity contribution in [3.05, 3.63) is 105 Å². The Hall–Kier alpha value is -3.53. The average Bonchev–Trinajstić information content (AvgIpc) is 2.70. The van der Waals surface area contributed by atoms with Crippen molar-refractivity contribution in [1.82, 2.24) is 0 Å². The van der Waals surface area contributed by atoms with Gasteiger partial charge in [-0.25, -0.2) is 0 Å². The molecular formula is C23H18O4. The number of fused-ring (bicyclic) bond motifs is 1.